The summed E-state index contributed by atoms with van der Waals surface area (Å²) in [6, 6.07) is 11.1. The van der Waals surface area contributed by atoms with Crippen LogP contribution in [0.15, 0.2) is 57.0 Å². The lowest BCUT2D eigenvalue weighted by molar-refractivity contribution is 0.284. The van der Waals surface area contributed by atoms with E-state index in [1.165, 1.54) is 0 Å². The van der Waals surface area contributed by atoms with Crippen molar-refractivity contribution in [3.05, 3.63) is 58.8 Å². The molecule has 0 spiro atoms. The molecule has 1 N–H and O–H groups in total. The summed E-state index contributed by atoms with van der Waals surface area (Å²) in [6.07, 6.45) is 4.37. The van der Waals surface area contributed by atoms with Gasteiger partial charge in [-0.15, -0.1) is 0 Å². The summed E-state index contributed by atoms with van der Waals surface area (Å²) in [5.74, 6) is 1.60. The van der Waals surface area contributed by atoms with E-state index in [-0.39, 0.29) is 12.2 Å². The lowest BCUT2D eigenvalue weighted by Gasteiger charge is -2.12. The molecule has 2 heterocycles. The van der Waals surface area contributed by atoms with Crippen LogP contribution in [0.2, 0.25) is 0 Å². The topological polar surface area (TPSA) is 68.3 Å². The van der Waals surface area contributed by atoms with E-state index in [1.54, 1.807) is 28.7 Å². The number of aliphatic hydroxyl groups is 1. The number of benzene rings is 1. The van der Waals surface area contributed by atoms with Crippen molar-refractivity contribution in [2.45, 2.75) is 31.0 Å². The zero-order valence-corrected chi connectivity index (χ0v) is 14.2. The van der Waals surface area contributed by atoms with Crippen molar-refractivity contribution in [1.82, 2.24) is 9.55 Å². The maximum atomic E-state index is 12.8. The molecular formula is C18H20N2O3S. The van der Waals surface area contributed by atoms with Crippen molar-refractivity contribution >= 4 is 22.7 Å². The molecule has 0 aliphatic rings. The Morgan fingerprint density at radius 1 is 1.12 bits per heavy atom. The fourth-order valence-corrected chi connectivity index (χ4v) is 3.51. The number of unbranched alkanes of at least 4 members (excludes halogenated alkanes) is 2. The van der Waals surface area contributed by atoms with Crippen molar-refractivity contribution in [2.75, 3.05) is 12.4 Å². The predicted octanol–water partition coefficient (Wildman–Crippen LogP) is 3.29. The molecule has 2 aromatic heterocycles. The highest BCUT2D eigenvalue weighted by Gasteiger charge is 2.12. The first-order valence-corrected chi connectivity index (χ1v) is 9.04. The number of aromatic nitrogens is 2. The van der Waals surface area contributed by atoms with Crippen LogP contribution in [-0.2, 0) is 6.54 Å². The highest BCUT2D eigenvalue weighted by atomic mass is 32.2. The van der Waals surface area contributed by atoms with Crippen molar-refractivity contribution in [1.29, 1.82) is 0 Å². The van der Waals surface area contributed by atoms with E-state index in [9.17, 15) is 4.79 Å². The molecule has 3 rings (SSSR count). The summed E-state index contributed by atoms with van der Waals surface area (Å²) in [5.41, 5.74) is 0.672. The van der Waals surface area contributed by atoms with Gasteiger partial charge in [0.15, 0.2) is 5.16 Å². The number of thioether (sulfide) groups is 1. The van der Waals surface area contributed by atoms with E-state index in [0.717, 1.165) is 36.3 Å². The molecule has 0 saturated heterocycles. The lowest BCUT2D eigenvalue weighted by Crippen LogP contribution is -2.23. The molecule has 0 unspecified atom stereocenters. The van der Waals surface area contributed by atoms with Crippen LogP contribution in [-0.4, -0.2) is 27.0 Å². The predicted molar refractivity (Wildman–Crippen MR) is 95.5 cm³/mol. The number of fused-ring (bicyclic) bond motifs is 1. The Morgan fingerprint density at radius 3 is 2.79 bits per heavy atom. The molecule has 0 aliphatic heterocycles. The third-order valence-corrected chi connectivity index (χ3v) is 4.82. The van der Waals surface area contributed by atoms with Gasteiger partial charge in [0, 0.05) is 12.4 Å². The molecule has 0 atom stereocenters. The SMILES string of the molecule is O=c1c2ccccc2nc(SCCCCCO)n1Cc1ccco1. The van der Waals surface area contributed by atoms with Gasteiger partial charge in [0.1, 0.15) is 5.76 Å². The van der Waals surface area contributed by atoms with E-state index in [2.05, 4.69) is 4.98 Å². The van der Waals surface area contributed by atoms with Crippen molar-refractivity contribution in [3.8, 4) is 0 Å². The van der Waals surface area contributed by atoms with E-state index in [0.29, 0.717) is 17.1 Å². The van der Waals surface area contributed by atoms with Gasteiger partial charge in [-0.3, -0.25) is 9.36 Å². The molecule has 5 nitrogen and oxygen atoms in total. The standard InChI is InChI=1S/C18H20N2O3S/c21-10-4-1-5-12-24-18-19-16-9-3-2-8-15(16)17(22)20(18)13-14-7-6-11-23-14/h2-3,6-9,11,21H,1,4-5,10,12-13H2. The van der Waals surface area contributed by atoms with Gasteiger partial charge in [-0.25, -0.2) is 4.98 Å². The van der Waals surface area contributed by atoms with Crippen LogP contribution in [0.5, 0.6) is 0 Å². The molecule has 6 heteroatoms. The average Bonchev–Trinajstić information content (AvgIpc) is 3.11. The van der Waals surface area contributed by atoms with Gasteiger partial charge in [0.05, 0.1) is 23.7 Å². The minimum Gasteiger partial charge on any atom is -0.467 e. The van der Waals surface area contributed by atoms with Crippen molar-refractivity contribution in [2.24, 2.45) is 0 Å². The fraction of sp³-hybridized carbons (Fsp3) is 0.333. The highest BCUT2D eigenvalue weighted by molar-refractivity contribution is 7.99. The van der Waals surface area contributed by atoms with Crippen molar-refractivity contribution in [3.63, 3.8) is 0 Å². The molecule has 126 valence electrons. The van der Waals surface area contributed by atoms with Crippen LogP contribution >= 0.6 is 11.8 Å². The zero-order chi connectivity index (χ0) is 16.8. The van der Waals surface area contributed by atoms with Gasteiger partial charge in [-0.05, 0) is 37.1 Å². The van der Waals surface area contributed by atoms with E-state index < -0.39 is 0 Å². The normalized spacial score (nSPS) is 11.2. The first kappa shape index (κ1) is 16.8. The molecular weight excluding hydrogens is 324 g/mol. The molecule has 0 radical (unpaired) electrons. The molecule has 0 saturated carbocycles. The number of aliphatic hydroxyl groups excluding tert-OH is 1. The lowest BCUT2D eigenvalue weighted by atomic mass is 10.2. The number of rotatable bonds is 8. The number of para-hydroxylation sites is 1. The summed E-state index contributed by atoms with van der Waals surface area (Å²) < 4.78 is 7.07. The third kappa shape index (κ3) is 3.88. The number of hydrogen-bond acceptors (Lipinski definition) is 5. The quantitative estimate of drug-likeness (QED) is 0.386. The first-order chi connectivity index (χ1) is 11.8. The van der Waals surface area contributed by atoms with Crippen molar-refractivity contribution < 1.29 is 9.52 Å². The molecule has 0 amide bonds. The van der Waals surface area contributed by atoms with Crippen LogP contribution in [0.1, 0.15) is 25.0 Å². The largest absolute Gasteiger partial charge is 0.467 e. The monoisotopic (exact) mass is 344 g/mol. The summed E-state index contributed by atoms with van der Waals surface area (Å²) in [5, 5.41) is 10.2. The van der Waals surface area contributed by atoms with Gasteiger partial charge in [-0.1, -0.05) is 30.3 Å². The van der Waals surface area contributed by atoms with E-state index in [1.807, 2.05) is 30.3 Å². The van der Waals surface area contributed by atoms with Gasteiger partial charge >= 0.3 is 0 Å². The molecule has 24 heavy (non-hydrogen) atoms. The van der Waals surface area contributed by atoms with Gasteiger partial charge in [-0.2, -0.15) is 0 Å². The summed E-state index contributed by atoms with van der Waals surface area (Å²) in [4.78, 5) is 17.5. The molecule has 3 aromatic rings. The highest BCUT2D eigenvalue weighted by Crippen LogP contribution is 2.20. The smallest absolute Gasteiger partial charge is 0.262 e. The van der Waals surface area contributed by atoms with Crippen LogP contribution in [0.25, 0.3) is 10.9 Å². The number of hydrogen-bond donors (Lipinski definition) is 1. The Bertz CT molecular complexity index is 843. The Kier molecular flexibility index (Phi) is 5.72. The molecule has 1 aromatic carbocycles. The summed E-state index contributed by atoms with van der Waals surface area (Å²) in [7, 11) is 0. The second-order valence-corrected chi connectivity index (χ2v) is 6.58. The van der Waals surface area contributed by atoms with Gasteiger partial charge in [0.25, 0.3) is 5.56 Å². The number of furan rings is 1. The summed E-state index contributed by atoms with van der Waals surface area (Å²) >= 11 is 1.58. The Balaban J connectivity index is 1.90. The zero-order valence-electron chi connectivity index (χ0n) is 13.4. The van der Waals surface area contributed by atoms with Gasteiger partial charge < -0.3 is 9.52 Å². The molecule has 0 fully saturated rings. The van der Waals surface area contributed by atoms with Crippen LogP contribution < -0.4 is 5.56 Å². The van der Waals surface area contributed by atoms with E-state index >= 15 is 0 Å². The molecule has 0 bridgehead atoms. The summed E-state index contributed by atoms with van der Waals surface area (Å²) in [6.45, 7) is 0.602. The fourth-order valence-electron chi connectivity index (χ4n) is 2.51. The number of nitrogens with zero attached hydrogens (tertiary/aromatic N) is 2. The maximum absolute atomic E-state index is 12.8. The Labute approximate surface area is 144 Å². The Morgan fingerprint density at radius 2 is 2.00 bits per heavy atom. The van der Waals surface area contributed by atoms with E-state index in [4.69, 9.17) is 9.52 Å². The maximum Gasteiger partial charge on any atom is 0.262 e. The Hall–Kier alpha value is -2.05. The van der Waals surface area contributed by atoms with Crippen LogP contribution in [0, 0.1) is 0 Å². The first-order valence-electron chi connectivity index (χ1n) is 8.05. The van der Waals surface area contributed by atoms with Crippen LogP contribution in [0.4, 0.5) is 0 Å². The second kappa shape index (κ2) is 8.17. The second-order valence-electron chi connectivity index (χ2n) is 5.51. The van der Waals surface area contributed by atoms with Crippen LogP contribution in [0.3, 0.4) is 0 Å². The minimum absolute atomic E-state index is 0.0464. The average molecular weight is 344 g/mol. The van der Waals surface area contributed by atoms with Gasteiger partial charge in [0.2, 0.25) is 0 Å². The minimum atomic E-state index is -0.0464. The molecule has 0 aliphatic carbocycles. The third-order valence-electron chi connectivity index (χ3n) is 3.75.